The number of halogens is 3. The number of benzene rings is 2. The van der Waals surface area contributed by atoms with Crippen molar-refractivity contribution < 1.29 is 23.1 Å². The van der Waals surface area contributed by atoms with E-state index < -0.39 is 11.9 Å². The summed E-state index contributed by atoms with van der Waals surface area (Å²) in [4.78, 5) is 12.1. The van der Waals surface area contributed by atoms with Crippen LogP contribution in [0.4, 0.5) is 13.2 Å². The number of aromatic hydroxyl groups is 1. The topological polar surface area (TPSA) is 67.2 Å². The number of rotatable bonds is 4. The van der Waals surface area contributed by atoms with Gasteiger partial charge in [-0.05, 0) is 36.4 Å². The van der Waals surface area contributed by atoms with Crippen molar-refractivity contribution in [1.82, 2.24) is 15.1 Å². The molecule has 0 saturated carbocycles. The lowest BCUT2D eigenvalue weighted by molar-refractivity contribution is -0.141. The maximum atomic E-state index is 12.6. The van der Waals surface area contributed by atoms with Crippen LogP contribution in [-0.2, 0) is 12.7 Å². The molecule has 0 radical (unpaired) electrons. The predicted octanol–water partition coefficient (Wildman–Crippen LogP) is 3.53. The average molecular weight is 361 g/mol. The normalized spacial score (nSPS) is 11.3. The molecule has 0 spiro atoms. The van der Waals surface area contributed by atoms with Crippen LogP contribution in [-0.4, -0.2) is 20.8 Å². The molecule has 0 aliphatic heterocycles. The Morgan fingerprint density at radius 1 is 1.08 bits per heavy atom. The summed E-state index contributed by atoms with van der Waals surface area (Å²) in [5.74, 6) is -0.279. The van der Waals surface area contributed by atoms with Crippen LogP contribution in [0.3, 0.4) is 0 Å². The molecular weight excluding hydrogens is 347 g/mol. The maximum Gasteiger partial charge on any atom is 0.435 e. The largest absolute Gasteiger partial charge is 0.508 e. The van der Waals surface area contributed by atoms with Crippen LogP contribution in [0.1, 0.15) is 21.6 Å². The van der Waals surface area contributed by atoms with Crippen molar-refractivity contribution >= 4 is 5.91 Å². The first-order valence-electron chi connectivity index (χ1n) is 7.63. The SMILES string of the molecule is O=C(NCc1ccccc1O)c1ccc(-n2ccc(C(F)(F)F)n2)cc1. The van der Waals surface area contributed by atoms with Gasteiger partial charge in [-0.1, -0.05) is 18.2 Å². The molecule has 0 fully saturated rings. The van der Waals surface area contributed by atoms with E-state index in [1.165, 1.54) is 36.5 Å². The van der Waals surface area contributed by atoms with E-state index in [2.05, 4.69) is 10.4 Å². The number of nitrogens with zero attached hydrogens (tertiary/aromatic N) is 2. The lowest BCUT2D eigenvalue weighted by Gasteiger charge is -2.08. The highest BCUT2D eigenvalue weighted by atomic mass is 19.4. The summed E-state index contributed by atoms with van der Waals surface area (Å²) in [6.07, 6.45) is -3.30. The zero-order chi connectivity index (χ0) is 18.7. The zero-order valence-corrected chi connectivity index (χ0v) is 13.4. The second kappa shape index (κ2) is 6.91. The Morgan fingerprint density at radius 3 is 2.38 bits per heavy atom. The fraction of sp³-hybridized carbons (Fsp3) is 0.111. The number of hydrogen-bond donors (Lipinski definition) is 2. The molecule has 0 saturated heterocycles. The fourth-order valence-corrected chi connectivity index (χ4v) is 2.32. The monoisotopic (exact) mass is 361 g/mol. The summed E-state index contributed by atoms with van der Waals surface area (Å²) in [6, 6.07) is 13.5. The fourth-order valence-electron chi connectivity index (χ4n) is 2.32. The Labute approximate surface area is 146 Å². The number of carbonyl (C=O) groups excluding carboxylic acids is 1. The number of para-hydroxylation sites is 1. The van der Waals surface area contributed by atoms with Crippen LogP contribution >= 0.6 is 0 Å². The molecule has 0 aliphatic rings. The molecule has 3 aromatic rings. The van der Waals surface area contributed by atoms with Gasteiger partial charge in [-0.3, -0.25) is 4.79 Å². The summed E-state index contributed by atoms with van der Waals surface area (Å²) < 4.78 is 38.9. The van der Waals surface area contributed by atoms with Gasteiger partial charge in [0.2, 0.25) is 0 Å². The number of aromatic nitrogens is 2. The van der Waals surface area contributed by atoms with Crippen molar-refractivity contribution in [2.24, 2.45) is 0 Å². The zero-order valence-electron chi connectivity index (χ0n) is 13.4. The van der Waals surface area contributed by atoms with Gasteiger partial charge in [-0.2, -0.15) is 18.3 Å². The van der Waals surface area contributed by atoms with E-state index in [1.807, 2.05) is 0 Å². The van der Waals surface area contributed by atoms with E-state index in [-0.39, 0.29) is 18.2 Å². The molecule has 1 heterocycles. The molecular formula is C18H14F3N3O2. The van der Waals surface area contributed by atoms with E-state index in [4.69, 9.17) is 0 Å². The quantitative estimate of drug-likeness (QED) is 0.747. The molecule has 0 bridgehead atoms. The number of phenols is 1. The van der Waals surface area contributed by atoms with Crippen molar-refractivity contribution in [3.63, 3.8) is 0 Å². The van der Waals surface area contributed by atoms with Crippen LogP contribution in [0.5, 0.6) is 5.75 Å². The molecule has 134 valence electrons. The van der Waals surface area contributed by atoms with Gasteiger partial charge in [-0.15, -0.1) is 0 Å². The minimum absolute atomic E-state index is 0.0855. The summed E-state index contributed by atoms with van der Waals surface area (Å²) in [7, 11) is 0. The average Bonchev–Trinajstić information content (AvgIpc) is 3.11. The highest BCUT2D eigenvalue weighted by Crippen LogP contribution is 2.27. The minimum atomic E-state index is -4.51. The smallest absolute Gasteiger partial charge is 0.435 e. The van der Waals surface area contributed by atoms with E-state index in [1.54, 1.807) is 18.2 Å². The first kappa shape index (κ1) is 17.5. The standard InChI is InChI=1S/C18H14F3N3O2/c19-18(20,21)16-9-10-24(23-16)14-7-5-12(6-8-14)17(26)22-11-13-3-1-2-4-15(13)25/h1-10,25H,11H2,(H,22,26). The molecule has 1 amide bonds. The van der Waals surface area contributed by atoms with E-state index in [9.17, 15) is 23.1 Å². The van der Waals surface area contributed by atoms with Crippen molar-refractivity contribution in [3.05, 3.63) is 77.6 Å². The van der Waals surface area contributed by atoms with Crippen molar-refractivity contribution in [1.29, 1.82) is 0 Å². The Morgan fingerprint density at radius 2 is 1.77 bits per heavy atom. The lowest BCUT2D eigenvalue weighted by atomic mass is 10.1. The lowest BCUT2D eigenvalue weighted by Crippen LogP contribution is -2.22. The first-order valence-corrected chi connectivity index (χ1v) is 7.63. The van der Waals surface area contributed by atoms with Gasteiger partial charge < -0.3 is 10.4 Å². The van der Waals surface area contributed by atoms with E-state index in [0.717, 1.165) is 10.7 Å². The number of alkyl halides is 3. The Bertz CT molecular complexity index is 918. The third kappa shape index (κ3) is 3.85. The van der Waals surface area contributed by atoms with Crippen molar-refractivity contribution in [2.45, 2.75) is 12.7 Å². The molecule has 5 nitrogen and oxygen atoms in total. The van der Waals surface area contributed by atoms with Crippen LogP contribution in [0.25, 0.3) is 5.69 Å². The number of hydrogen-bond acceptors (Lipinski definition) is 3. The predicted molar refractivity (Wildman–Crippen MR) is 87.8 cm³/mol. The van der Waals surface area contributed by atoms with Crippen LogP contribution in [0, 0.1) is 0 Å². The molecule has 0 atom stereocenters. The van der Waals surface area contributed by atoms with Crippen molar-refractivity contribution in [2.75, 3.05) is 0 Å². The van der Waals surface area contributed by atoms with Gasteiger partial charge in [0.1, 0.15) is 5.75 Å². The third-order valence-electron chi connectivity index (χ3n) is 3.70. The van der Waals surface area contributed by atoms with E-state index in [0.29, 0.717) is 16.8 Å². The third-order valence-corrected chi connectivity index (χ3v) is 3.70. The number of nitrogens with one attached hydrogen (secondary N) is 1. The Balaban J connectivity index is 1.68. The van der Waals surface area contributed by atoms with Gasteiger partial charge in [0.25, 0.3) is 5.91 Å². The van der Waals surface area contributed by atoms with Crippen LogP contribution < -0.4 is 5.32 Å². The maximum absolute atomic E-state index is 12.6. The molecule has 8 heteroatoms. The van der Waals surface area contributed by atoms with Gasteiger partial charge >= 0.3 is 6.18 Å². The van der Waals surface area contributed by atoms with Crippen LogP contribution in [0.2, 0.25) is 0 Å². The molecule has 1 aromatic heterocycles. The first-order chi connectivity index (χ1) is 12.3. The second-order valence-corrected chi connectivity index (χ2v) is 5.50. The molecule has 0 unspecified atom stereocenters. The molecule has 3 rings (SSSR count). The second-order valence-electron chi connectivity index (χ2n) is 5.50. The highest BCUT2D eigenvalue weighted by Gasteiger charge is 2.33. The summed E-state index contributed by atoms with van der Waals surface area (Å²) >= 11 is 0. The Hall–Kier alpha value is -3.29. The summed E-state index contributed by atoms with van der Waals surface area (Å²) in [5, 5.41) is 15.8. The minimum Gasteiger partial charge on any atom is -0.508 e. The summed E-state index contributed by atoms with van der Waals surface area (Å²) in [5.41, 5.74) is 0.334. The summed E-state index contributed by atoms with van der Waals surface area (Å²) in [6.45, 7) is 0.154. The molecule has 26 heavy (non-hydrogen) atoms. The number of amides is 1. The van der Waals surface area contributed by atoms with Gasteiger partial charge in [0.15, 0.2) is 5.69 Å². The molecule has 2 aromatic carbocycles. The highest BCUT2D eigenvalue weighted by molar-refractivity contribution is 5.94. The number of phenolic OH excluding ortho intramolecular Hbond substituents is 1. The molecule has 0 aliphatic carbocycles. The Kier molecular flexibility index (Phi) is 4.66. The number of carbonyl (C=O) groups is 1. The van der Waals surface area contributed by atoms with Gasteiger partial charge in [-0.25, -0.2) is 4.68 Å². The van der Waals surface area contributed by atoms with Crippen LogP contribution in [0.15, 0.2) is 60.8 Å². The van der Waals surface area contributed by atoms with Gasteiger partial charge in [0.05, 0.1) is 5.69 Å². The molecule has 2 N–H and O–H groups in total. The van der Waals surface area contributed by atoms with E-state index >= 15 is 0 Å². The van der Waals surface area contributed by atoms with Crippen molar-refractivity contribution in [3.8, 4) is 11.4 Å². The van der Waals surface area contributed by atoms with Gasteiger partial charge in [0, 0.05) is 23.9 Å².